The lowest BCUT2D eigenvalue weighted by molar-refractivity contribution is 0.0963. The highest BCUT2D eigenvalue weighted by Gasteiger charge is 2.17. The molecule has 1 N–H and O–H groups in total. The van der Waals surface area contributed by atoms with Crippen LogP contribution >= 0.6 is 0 Å². The molecule has 0 aliphatic carbocycles. The summed E-state index contributed by atoms with van der Waals surface area (Å²) < 4.78 is 0. The van der Waals surface area contributed by atoms with Gasteiger partial charge in [-0.1, -0.05) is 6.92 Å². The van der Waals surface area contributed by atoms with Crippen LogP contribution in [-0.4, -0.2) is 31.0 Å². The Morgan fingerprint density at radius 3 is 2.94 bits per heavy atom. The molecule has 1 atom stereocenters. The SMILES string of the molecule is CNC(=O)c1ccc(N2CCCC(C)C2)nc1. The van der Waals surface area contributed by atoms with Gasteiger partial charge >= 0.3 is 0 Å². The summed E-state index contributed by atoms with van der Waals surface area (Å²) in [7, 11) is 1.63. The zero-order chi connectivity index (χ0) is 12.3. The molecule has 2 heterocycles. The van der Waals surface area contributed by atoms with Gasteiger partial charge in [0, 0.05) is 26.3 Å². The second kappa shape index (κ2) is 5.17. The Labute approximate surface area is 102 Å². The van der Waals surface area contributed by atoms with Crippen molar-refractivity contribution in [2.45, 2.75) is 19.8 Å². The van der Waals surface area contributed by atoms with Gasteiger partial charge in [0.1, 0.15) is 5.82 Å². The molecule has 17 heavy (non-hydrogen) atoms. The predicted octanol–water partition coefficient (Wildman–Crippen LogP) is 1.68. The summed E-state index contributed by atoms with van der Waals surface area (Å²) in [6.45, 7) is 4.40. The van der Waals surface area contributed by atoms with Crippen LogP contribution in [0, 0.1) is 5.92 Å². The summed E-state index contributed by atoms with van der Waals surface area (Å²) >= 11 is 0. The summed E-state index contributed by atoms with van der Waals surface area (Å²) in [6, 6.07) is 3.77. The van der Waals surface area contributed by atoms with E-state index in [2.05, 4.69) is 22.1 Å². The third-order valence-electron chi connectivity index (χ3n) is 3.22. The quantitative estimate of drug-likeness (QED) is 0.845. The van der Waals surface area contributed by atoms with Gasteiger partial charge < -0.3 is 10.2 Å². The Hall–Kier alpha value is -1.58. The van der Waals surface area contributed by atoms with Gasteiger partial charge in [-0.2, -0.15) is 0 Å². The number of hydrogen-bond acceptors (Lipinski definition) is 3. The topological polar surface area (TPSA) is 45.2 Å². The molecule has 4 nitrogen and oxygen atoms in total. The number of aromatic nitrogens is 1. The summed E-state index contributed by atoms with van der Waals surface area (Å²) in [4.78, 5) is 18.1. The molecule has 1 aromatic heterocycles. The molecule has 0 saturated carbocycles. The Balaban J connectivity index is 2.09. The average Bonchev–Trinajstić information content (AvgIpc) is 2.38. The third-order valence-corrected chi connectivity index (χ3v) is 3.22. The summed E-state index contributed by atoms with van der Waals surface area (Å²) in [5.41, 5.74) is 0.612. The van der Waals surface area contributed by atoms with Crippen LogP contribution in [0.5, 0.6) is 0 Å². The fourth-order valence-electron chi connectivity index (χ4n) is 2.25. The number of nitrogens with zero attached hydrogens (tertiary/aromatic N) is 2. The van der Waals surface area contributed by atoms with Crippen LogP contribution in [0.25, 0.3) is 0 Å². The molecule has 0 bridgehead atoms. The maximum atomic E-state index is 11.4. The number of carbonyl (C=O) groups excluding carboxylic acids is 1. The van der Waals surface area contributed by atoms with Crippen LogP contribution in [-0.2, 0) is 0 Å². The molecule has 0 radical (unpaired) electrons. The highest BCUT2D eigenvalue weighted by atomic mass is 16.1. The number of piperidine rings is 1. The first-order valence-electron chi connectivity index (χ1n) is 6.14. The van der Waals surface area contributed by atoms with Crippen LogP contribution in [0.4, 0.5) is 5.82 Å². The lowest BCUT2D eigenvalue weighted by Crippen LogP contribution is -2.34. The Bertz CT molecular complexity index is 388. The van der Waals surface area contributed by atoms with Crippen LogP contribution in [0.1, 0.15) is 30.1 Å². The predicted molar refractivity (Wildman–Crippen MR) is 68.2 cm³/mol. The zero-order valence-corrected chi connectivity index (χ0v) is 10.4. The normalized spacial score (nSPS) is 20.1. The Kier molecular flexibility index (Phi) is 3.61. The van der Waals surface area contributed by atoms with Crippen molar-refractivity contribution in [2.75, 3.05) is 25.0 Å². The number of amides is 1. The average molecular weight is 233 g/mol. The number of pyridine rings is 1. The highest BCUT2D eigenvalue weighted by Crippen LogP contribution is 2.21. The monoisotopic (exact) mass is 233 g/mol. The van der Waals surface area contributed by atoms with Gasteiger partial charge in [-0.25, -0.2) is 4.98 Å². The molecule has 1 fully saturated rings. The van der Waals surface area contributed by atoms with Gasteiger partial charge in [0.25, 0.3) is 5.91 Å². The number of nitrogens with one attached hydrogen (secondary N) is 1. The molecule has 1 saturated heterocycles. The van der Waals surface area contributed by atoms with Gasteiger partial charge in [0.15, 0.2) is 0 Å². The van der Waals surface area contributed by atoms with E-state index in [4.69, 9.17) is 0 Å². The largest absolute Gasteiger partial charge is 0.356 e. The summed E-state index contributed by atoms with van der Waals surface area (Å²) in [5, 5.41) is 2.59. The molecule has 0 aromatic carbocycles. The van der Waals surface area contributed by atoms with Crippen LogP contribution in [0.2, 0.25) is 0 Å². The first-order valence-corrected chi connectivity index (χ1v) is 6.14. The van der Waals surface area contributed by atoms with Gasteiger partial charge in [-0.05, 0) is 30.9 Å². The summed E-state index contributed by atoms with van der Waals surface area (Å²) in [6.07, 6.45) is 4.17. The molecular weight excluding hydrogens is 214 g/mol. The molecule has 0 spiro atoms. The minimum Gasteiger partial charge on any atom is -0.356 e. The van der Waals surface area contributed by atoms with Crippen molar-refractivity contribution >= 4 is 11.7 Å². The first kappa shape index (κ1) is 11.9. The smallest absolute Gasteiger partial charge is 0.252 e. The van der Waals surface area contributed by atoms with E-state index in [9.17, 15) is 4.79 Å². The van der Waals surface area contributed by atoms with Crippen molar-refractivity contribution in [3.05, 3.63) is 23.9 Å². The fourth-order valence-corrected chi connectivity index (χ4v) is 2.25. The van der Waals surface area contributed by atoms with Gasteiger partial charge in [0.2, 0.25) is 0 Å². The van der Waals surface area contributed by atoms with E-state index in [0.717, 1.165) is 24.8 Å². The van der Waals surface area contributed by atoms with E-state index in [1.807, 2.05) is 12.1 Å². The van der Waals surface area contributed by atoms with E-state index >= 15 is 0 Å². The second-order valence-electron chi connectivity index (χ2n) is 4.68. The van der Waals surface area contributed by atoms with E-state index in [1.165, 1.54) is 12.8 Å². The van der Waals surface area contributed by atoms with E-state index < -0.39 is 0 Å². The van der Waals surface area contributed by atoms with Gasteiger partial charge in [-0.3, -0.25) is 4.79 Å². The molecule has 4 heteroatoms. The lowest BCUT2D eigenvalue weighted by atomic mass is 10.0. The van der Waals surface area contributed by atoms with E-state index in [1.54, 1.807) is 13.2 Å². The summed E-state index contributed by atoms with van der Waals surface area (Å²) in [5.74, 6) is 1.62. The molecule has 1 amide bonds. The van der Waals surface area contributed by atoms with E-state index in [0.29, 0.717) is 5.56 Å². The number of rotatable bonds is 2. The minimum absolute atomic E-state index is 0.0870. The Morgan fingerprint density at radius 2 is 2.35 bits per heavy atom. The maximum absolute atomic E-state index is 11.4. The van der Waals surface area contributed by atoms with Gasteiger partial charge in [0.05, 0.1) is 5.56 Å². The molecule has 1 unspecified atom stereocenters. The van der Waals surface area contributed by atoms with Crippen molar-refractivity contribution in [3.63, 3.8) is 0 Å². The van der Waals surface area contributed by atoms with Crippen LogP contribution in [0.3, 0.4) is 0 Å². The van der Waals surface area contributed by atoms with Crippen molar-refractivity contribution in [1.29, 1.82) is 0 Å². The first-order chi connectivity index (χ1) is 8.20. The van der Waals surface area contributed by atoms with Crippen molar-refractivity contribution in [2.24, 2.45) is 5.92 Å². The number of carbonyl (C=O) groups is 1. The second-order valence-corrected chi connectivity index (χ2v) is 4.68. The minimum atomic E-state index is -0.0870. The standard InChI is InChI=1S/C13H19N3O/c1-10-4-3-7-16(9-10)12-6-5-11(8-15-12)13(17)14-2/h5-6,8,10H,3-4,7,9H2,1-2H3,(H,14,17). The van der Waals surface area contributed by atoms with Crippen molar-refractivity contribution in [1.82, 2.24) is 10.3 Å². The third kappa shape index (κ3) is 2.75. The van der Waals surface area contributed by atoms with Crippen LogP contribution < -0.4 is 10.2 Å². The molecule has 92 valence electrons. The Morgan fingerprint density at radius 1 is 1.53 bits per heavy atom. The zero-order valence-electron chi connectivity index (χ0n) is 10.4. The molecule has 1 aromatic rings. The van der Waals surface area contributed by atoms with E-state index in [-0.39, 0.29) is 5.91 Å². The molecular formula is C13H19N3O. The fraction of sp³-hybridized carbons (Fsp3) is 0.538. The lowest BCUT2D eigenvalue weighted by Gasteiger charge is -2.31. The van der Waals surface area contributed by atoms with Gasteiger partial charge in [-0.15, -0.1) is 0 Å². The van der Waals surface area contributed by atoms with Crippen molar-refractivity contribution in [3.8, 4) is 0 Å². The van der Waals surface area contributed by atoms with Crippen LogP contribution in [0.15, 0.2) is 18.3 Å². The number of hydrogen-bond donors (Lipinski definition) is 1. The van der Waals surface area contributed by atoms with Crippen molar-refractivity contribution < 1.29 is 4.79 Å². The molecule has 2 rings (SSSR count). The molecule has 1 aliphatic heterocycles. The molecule has 1 aliphatic rings. The number of anilines is 1. The highest BCUT2D eigenvalue weighted by molar-refractivity contribution is 5.93. The maximum Gasteiger partial charge on any atom is 0.252 e.